The highest BCUT2D eigenvalue weighted by molar-refractivity contribution is 6.01. The number of carboxylic acids is 1. The fourth-order valence-electron chi connectivity index (χ4n) is 1.82. The number of carbonyl (C=O) groups is 3. The van der Waals surface area contributed by atoms with Crippen LogP contribution in [0.5, 0.6) is 5.75 Å². The summed E-state index contributed by atoms with van der Waals surface area (Å²) in [5, 5.41) is 16.2. The predicted molar refractivity (Wildman–Crippen MR) is 91.7 cm³/mol. The minimum Gasteiger partial charge on any atom is -0.497 e. The average Bonchev–Trinajstić information content (AvgIpc) is 2.51. The summed E-state index contributed by atoms with van der Waals surface area (Å²) in [5.41, 5.74) is 0.499. The number of imide groups is 1. The van der Waals surface area contributed by atoms with E-state index in [0.717, 1.165) is 0 Å². The normalized spacial score (nSPS) is 10.9. The number of carboxylic acid groups (broad SMARTS) is 1. The topological polar surface area (TPSA) is 117 Å². The van der Waals surface area contributed by atoms with Crippen molar-refractivity contribution < 1.29 is 24.2 Å². The molecule has 1 rings (SSSR count). The monoisotopic (exact) mass is 359 g/mol. The number of rotatable bonds is 8. The summed E-state index contributed by atoms with van der Waals surface area (Å²) in [4.78, 5) is 34.2. The van der Waals surface area contributed by atoms with Gasteiger partial charge in [-0.25, -0.2) is 4.79 Å². The fourth-order valence-corrected chi connectivity index (χ4v) is 1.82. The highest BCUT2D eigenvalue weighted by Crippen LogP contribution is 2.14. The number of hydrogen-bond acceptors (Lipinski definition) is 5. The van der Waals surface area contributed by atoms with Gasteiger partial charge in [0.1, 0.15) is 11.8 Å². The summed E-state index contributed by atoms with van der Waals surface area (Å²) in [6, 6.07) is 5.09. The van der Waals surface area contributed by atoms with Crippen LogP contribution in [-0.4, -0.2) is 42.7 Å². The molecular weight excluding hydrogens is 338 g/mol. The van der Waals surface area contributed by atoms with Crippen LogP contribution in [0.25, 0.3) is 0 Å². The number of benzene rings is 1. The van der Waals surface area contributed by atoms with Crippen LogP contribution in [0.1, 0.15) is 19.8 Å². The van der Waals surface area contributed by atoms with Crippen LogP contribution in [0.3, 0.4) is 0 Å². The van der Waals surface area contributed by atoms with Gasteiger partial charge in [0.15, 0.2) is 0 Å². The van der Waals surface area contributed by atoms with E-state index < -0.39 is 23.9 Å². The first kappa shape index (κ1) is 21.7. The predicted octanol–water partition coefficient (Wildman–Crippen LogP) is 1.61. The van der Waals surface area contributed by atoms with Crippen molar-refractivity contribution in [3.05, 3.63) is 24.3 Å². The van der Waals surface area contributed by atoms with Gasteiger partial charge in [-0.1, -0.05) is 13.3 Å². The molecule has 24 heavy (non-hydrogen) atoms. The molecule has 134 valence electrons. The molecule has 0 spiro atoms. The lowest BCUT2D eigenvalue weighted by Gasteiger charge is -2.13. The van der Waals surface area contributed by atoms with Crippen LogP contribution >= 0.6 is 12.4 Å². The summed E-state index contributed by atoms with van der Waals surface area (Å²) in [7, 11) is 1.53. The van der Waals surface area contributed by atoms with Crippen molar-refractivity contribution in [1.82, 2.24) is 10.6 Å². The zero-order valence-corrected chi connectivity index (χ0v) is 14.3. The van der Waals surface area contributed by atoms with Crippen molar-refractivity contribution in [2.45, 2.75) is 25.8 Å². The van der Waals surface area contributed by atoms with E-state index in [4.69, 9.17) is 9.84 Å². The maximum atomic E-state index is 11.7. The van der Waals surface area contributed by atoms with Crippen molar-refractivity contribution in [3.63, 3.8) is 0 Å². The molecule has 1 atom stereocenters. The van der Waals surface area contributed by atoms with Crippen LogP contribution in [-0.2, 0) is 9.59 Å². The largest absolute Gasteiger partial charge is 0.497 e. The molecule has 0 fully saturated rings. The first-order valence-electron chi connectivity index (χ1n) is 7.17. The summed E-state index contributed by atoms with van der Waals surface area (Å²) in [5.74, 6) is -0.993. The molecule has 0 aliphatic rings. The number of amides is 3. The highest BCUT2D eigenvalue weighted by Gasteiger charge is 2.17. The second-order valence-electron chi connectivity index (χ2n) is 4.79. The van der Waals surface area contributed by atoms with Crippen LogP contribution in [0.4, 0.5) is 10.5 Å². The van der Waals surface area contributed by atoms with Gasteiger partial charge >= 0.3 is 12.0 Å². The Labute approximate surface area is 146 Å². The van der Waals surface area contributed by atoms with Crippen molar-refractivity contribution in [1.29, 1.82) is 0 Å². The Morgan fingerprint density at radius 2 is 1.83 bits per heavy atom. The van der Waals surface area contributed by atoms with E-state index in [1.54, 1.807) is 24.3 Å². The smallest absolute Gasteiger partial charge is 0.325 e. The Balaban J connectivity index is 0.00000529. The molecular formula is C15H22ClN3O5. The number of carbonyl (C=O) groups excluding carboxylic acids is 2. The molecule has 3 amide bonds. The molecule has 1 unspecified atom stereocenters. The molecule has 0 saturated heterocycles. The minimum absolute atomic E-state index is 0. The number of halogens is 1. The Kier molecular flexibility index (Phi) is 10.2. The third-order valence-electron chi connectivity index (χ3n) is 2.99. The van der Waals surface area contributed by atoms with Gasteiger partial charge in [0, 0.05) is 5.69 Å². The highest BCUT2D eigenvalue weighted by atomic mass is 35.5. The summed E-state index contributed by atoms with van der Waals surface area (Å²) >= 11 is 0. The van der Waals surface area contributed by atoms with Gasteiger partial charge in [0.2, 0.25) is 5.91 Å². The number of anilines is 1. The fraction of sp³-hybridized carbons (Fsp3) is 0.400. The number of methoxy groups -OCH3 is 1. The second-order valence-corrected chi connectivity index (χ2v) is 4.79. The lowest BCUT2D eigenvalue weighted by Crippen LogP contribution is -2.45. The summed E-state index contributed by atoms with van der Waals surface area (Å²) in [6.07, 6.45) is 1.07. The van der Waals surface area contributed by atoms with E-state index in [9.17, 15) is 14.4 Å². The zero-order valence-electron chi connectivity index (χ0n) is 13.5. The molecule has 0 aliphatic carbocycles. The Bertz CT molecular complexity index is 551. The maximum absolute atomic E-state index is 11.7. The van der Waals surface area contributed by atoms with Gasteiger partial charge in [0.25, 0.3) is 0 Å². The molecule has 0 bridgehead atoms. The average molecular weight is 360 g/mol. The third kappa shape index (κ3) is 7.80. The van der Waals surface area contributed by atoms with Crippen LogP contribution in [0, 0.1) is 0 Å². The SMILES string of the molecule is CCCC(NCC(=O)NC(=O)Nc1ccc(OC)cc1)C(=O)O.Cl. The van der Waals surface area contributed by atoms with Crippen LogP contribution in [0.2, 0.25) is 0 Å². The number of urea groups is 1. The molecule has 0 aliphatic heterocycles. The molecule has 1 aromatic carbocycles. The lowest BCUT2D eigenvalue weighted by atomic mass is 10.2. The number of nitrogens with one attached hydrogen (secondary N) is 3. The molecule has 0 saturated carbocycles. The van der Waals surface area contributed by atoms with E-state index >= 15 is 0 Å². The first-order chi connectivity index (χ1) is 11.0. The van der Waals surface area contributed by atoms with Gasteiger partial charge < -0.3 is 15.2 Å². The molecule has 4 N–H and O–H groups in total. The van der Waals surface area contributed by atoms with Gasteiger partial charge in [0.05, 0.1) is 13.7 Å². The first-order valence-corrected chi connectivity index (χ1v) is 7.17. The Hall–Kier alpha value is -2.32. The lowest BCUT2D eigenvalue weighted by molar-refractivity contribution is -0.139. The van der Waals surface area contributed by atoms with Gasteiger partial charge in [-0.05, 0) is 30.7 Å². The van der Waals surface area contributed by atoms with E-state index in [1.807, 2.05) is 6.92 Å². The van der Waals surface area contributed by atoms with Gasteiger partial charge in [-0.2, -0.15) is 0 Å². The summed E-state index contributed by atoms with van der Waals surface area (Å²) < 4.78 is 4.99. The standard InChI is InChI=1S/C15H21N3O5.ClH/c1-3-4-12(14(20)21)16-9-13(19)18-15(22)17-10-5-7-11(23-2)8-6-10;/h5-8,12,16H,3-4,9H2,1-2H3,(H,20,21)(H2,17,18,19,22);1H. The van der Waals surface area contributed by atoms with Crippen LogP contribution < -0.4 is 20.7 Å². The molecule has 0 radical (unpaired) electrons. The maximum Gasteiger partial charge on any atom is 0.325 e. The molecule has 9 heteroatoms. The van der Waals surface area contributed by atoms with E-state index in [-0.39, 0.29) is 19.0 Å². The summed E-state index contributed by atoms with van der Waals surface area (Å²) in [6.45, 7) is 1.59. The number of hydrogen-bond donors (Lipinski definition) is 4. The zero-order chi connectivity index (χ0) is 17.2. The van der Waals surface area contributed by atoms with Gasteiger partial charge in [-0.15, -0.1) is 12.4 Å². The molecule has 8 nitrogen and oxygen atoms in total. The van der Waals surface area contributed by atoms with Gasteiger partial charge in [-0.3, -0.25) is 20.2 Å². The number of aliphatic carboxylic acids is 1. The molecule has 0 aromatic heterocycles. The number of ether oxygens (including phenoxy) is 1. The third-order valence-corrected chi connectivity index (χ3v) is 2.99. The van der Waals surface area contributed by atoms with Crippen molar-refractivity contribution in [2.24, 2.45) is 0 Å². The van der Waals surface area contributed by atoms with E-state index in [0.29, 0.717) is 24.3 Å². The Morgan fingerprint density at radius 1 is 1.21 bits per heavy atom. The Morgan fingerprint density at radius 3 is 2.33 bits per heavy atom. The van der Waals surface area contributed by atoms with Crippen molar-refractivity contribution >= 4 is 36.0 Å². The minimum atomic E-state index is -1.03. The van der Waals surface area contributed by atoms with E-state index in [1.165, 1.54) is 7.11 Å². The second kappa shape index (κ2) is 11.3. The van der Waals surface area contributed by atoms with Crippen molar-refractivity contribution in [2.75, 3.05) is 19.0 Å². The quantitative estimate of drug-likeness (QED) is 0.560. The van der Waals surface area contributed by atoms with Crippen molar-refractivity contribution in [3.8, 4) is 5.75 Å². The molecule has 1 aromatic rings. The molecule has 0 heterocycles. The van der Waals surface area contributed by atoms with Crippen LogP contribution in [0.15, 0.2) is 24.3 Å². The van der Waals surface area contributed by atoms with E-state index in [2.05, 4.69) is 16.0 Å².